The lowest BCUT2D eigenvalue weighted by molar-refractivity contribution is -0.146. The van der Waals surface area contributed by atoms with E-state index in [0.717, 1.165) is 37.9 Å². The van der Waals surface area contributed by atoms with Crippen LogP contribution in [-0.4, -0.2) is 43.6 Å². The van der Waals surface area contributed by atoms with Crippen LogP contribution in [0.2, 0.25) is 0 Å². The summed E-state index contributed by atoms with van der Waals surface area (Å²) in [6, 6.07) is 8.55. The molecule has 1 aromatic carbocycles. The first kappa shape index (κ1) is 13.6. The average Bonchev–Trinajstić information content (AvgIpc) is 2.53. The van der Waals surface area contributed by atoms with Crippen LogP contribution in [0.25, 0.3) is 0 Å². The molecule has 0 bridgehead atoms. The molecule has 0 aliphatic carbocycles. The first-order valence-electron chi connectivity index (χ1n) is 7.45. The second-order valence-corrected chi connectivity index (χ2v) is 5.61. The third-order valence-electron chi connectivity index (χ3n) is 4.36. The molecular weight excluding hydrogens is 252 g/mol. The lowest BCUT2D eigenvalue weighted by atomic mass is 9.96. The van der Waals surface area contributed by atoms with Crippen molar-refractivity contribution in [3.05, 3.63) is 35.4 Å². The maximum Gasteiger partial charge on any atom is 0.256 e. The minimum atomic E-state index is -0.407. The molecule has 1 saturated heterocycles. The van der Waals surface area contributed by atoms with Gasteiger partial charge in [-0.25, -0.2) is 0 Å². The van der Waals surface area contributed by atoms with Crippen molar-refractivity contribution < 1.29 is 9.53 Å². The van der Waals surface area contributed by atoms with Gasteiger partial charge in [-0.3, -0.25) is 4.79 Å². The van der Waals surface area contributed by atoms with Gasteiger partial charge in [-0.2, -0.15) is 0 Å². The number of hydrogen-bond acceptors (Lipinski definition) is 3. The van der Waals surface area contributed by atoms with Crippen LogP contribution in [0.15, 0.2) is 24.3 Å². The smallest absolute Gasteiger partial charge is 0.256 e. The molecule has 2 aliphatic rings. The molecule has 0 aromatic heterocycles. The molecule has 1 amide bonds. The van der Waals surface area contributed by atoms with Crippen LogP contribution in [0.1, 0.15) is 30.1 Å². The number of benzene rings is 1. The molecule has 108 valence electrons. The molecule has 4 nitrogen and oxygen atoms in total. The number of piperidine rings is 1. The van der Waals surface area contributed by atoms with Gasteiger partial charge in [0.25, 0.3) is 5.91 Å². The zero-order valence-electron chi connectivity index (χ0n) is 12.0. The lowest BCUT2D eigenvalue weighted by Crippen LogP contribution is -2.49. The molecule has 1 fully saturated rings. The van der Waals surface area contributed by atoms with Gasteiger partial charge >= 0.3 is 0 Å². The maximum absolute atomic E-state index is 12.8. The maximum atomic E-state index is 12.8. The number of ether oxygens (including phenoxy) is 1. The summed E-state index contributed by atoms with van der Waals surface area (Å²) in [6.07, 6.45) is 2.70. The van der Waals surface area contributed by atoms with Crippen LogP contribution in [-0.2, 0) is 16.0 Å². The van der Waals surface area contributed by atoms with Gasteiger partial charge in [-0.05, 0) is 37.4 Å². The molecule has 0 saturated carbocycles. The average molecular weight is 274 g/mol. The van der Waals surface area contributed by atoms with Gasteiger partial charge in [-0.1, -0.05) is 24.3 Å². The van der Waals surface area contributed by atoms with E-state index in [1.54, 1.807) is 0 Å². The zero-order valence-corrected chi connectivity index (χ0v) is 12.0. The number of likely N-dealkylation sites (N-methyl/N-ethyl adjacent to an activating group) is 1. The van der Waals surface area contributed by atoms with Crippen LogP contribution in [0.5, 0.6) is 0 Å². The molecule has 2 aliphatic heterocycles. The van der Waals surface area contributed by atoms with Crippen molar-refractivity contribution in [1.82, 2.24) is 10.2 Å². The summed E-state index contributed by atoms with van der Waals surface area (Å²) >= 11 is 0. The summed E-state index contributed by atoms with van der Waals surface area (Å²) < 4.78 is 5.78. The van der Waals surface area contributed by atoms with E-state index in [9.17, 15) is 4.79 Å². The summed E-state index contributed by atoms with van der Waals surface area (Å²) in [5.41, 5.74) is 2.30. The Hall–Kier alpha value is -1.39. The van der Waals surface area contributed by atoms with Crippen LogP contribution >= 0.6 is 0 Å². The third-order valence-corrected chi connectivity index (χ3v) is 4.36. The van der Waals surface area contributed by atoms with Crippen molar-refractivity contribution in [1.29, 1.82) is 0 Å². The SMILES string of the molecule is CN[C@H]1CCCN(C(=O)[C@H]2OCCc3ccccc32)C1. The highest BCUT2D eigenvalue weighted by molar-refractivity contribution is 5.83. The van der Waals surface area contributed by atoms with E-state index < -0.39 is 6.10 Å². The van der Waals surface area contributed by atoms with E-state index >= 15 is 0 Å². The van der Waals surface area contributed by atoms with Gasteiger partial charge in [-0.15, -0.1) is 0 Å². The van der Waals surface area contributed by atoms with E-state index in [0.29, 0.717) is 12.6 Å². The molecule has 1 N–H and O–H groups in total. The Balaban J connectivity index is 1.78. The lowest BCUT2D eigenvalue weighted by Gasteiger charge is -2.36. The molecule has 0 radical (unpaired) electrons. The Bertz CT molecular complexity index is 489. The fourth-order valence-electron chi connectivity index (χ4n) is 3.18. The largest absolute Gasteiger partial charge is 0.363 e. The summed E-state index contributed by atoms with van der Waals surface area (Å²) in [6.45, 7) is 2.27. The fourth-order valence-corrected chi connectivity index (χ4v) is 3.18. The minimum Gasteiger partial charge on any atom is -0.363 e. The van der Waals surface area contributed by atoms with Gasteiger partial charge < -0.3 is 15.0 Å². The summed E-state index contributed by atoms with van der Waals surface area (Å²) in [5.74, 6) is 0.122. The molecule has 2 atom stereocenters. The van der Waals surface area contributed by atoms with Crippen molar-refractivity contribution in [2.45, 2.75) is 31.4 Å². The van der Waals surface area contributed by atoms with Crippen molar-refractivity contribution in [2.75, 3.05) is 26.7 Å². The van der Waals surface area contributed by atoms with Crippen molar-refractivity contribution in [3.8, 4) is 0 Å². The molecule has 2 heterocycles. The van der Waals surface area contributed by atoms with E-state index in [2.05, 4.69) is 11.4 Å². The molecule has 3 rings (SSSR count). The monoisotopic (exact) mass is 274 g/mol. The van der Waals surface area contributed by atoms with E-state index in [-0.39, 0.29) is 5.91 Å². The molecule has 4 heteroatoms. The van der Waals surface area contributed by atoms with Crippen LogP contribution in [0.3, 0.4) is 0 Å². The molecule has 20 heavy (non-hydrogen) atoms. The normalized spacial score (nSPS) is 26.1. The number of carbonyl (C=O) groups excluding carboxylic acids is 1. The number of nitrogens with zero attached hydrogens (tertiary/aromatic N) is 1. The van der Waals surface area contributed by atoms with Crippen LogP contribution in [0, 0.1) is 0 Å². The first-order chi connectivity index (χ1) is 9.79. The first-order valence-corrected chi connectivity index (χ1v) is 7.45. The summed E-state index contributed by atoms with van der Waals surface area (Å²) in [5, 5.41) is 3.28. The quantitative estimate of drug-likeness (QED) is 0.889. The Labute approximate surface area is 120 Å². The molecule has 1 aromatic rings. The second kappa shape index (κ2) is 5.94. The molecule has 0 spiro atoms. The van der Waals surface area contributed by atoms with Gasteiger partial charge in [0.05, 0.1) is 6.61 Å². The van der Waals surface area contributed by atoms with Crippen LogP contribution in [0.4, 0.5) is 0 Å². The van der Waals surface area contributed by atoms with Gasteiger partial charge in [0.1, 0.15) is 0 Å². The third kappa shape index (κ3) is 2.58. The predicted molar refractivity (Wildman–Crippen MR) is 77.5 cm³/mol. The van der Waals surface area contributed by atoms with E-state index in [1.165, 1.54) is 5.56 Å². The number of likely N-dealkylation sites (tertiary alicyclic amines) is 1. The number of rotatable bonds is 2. The second-order valence-electron chi connectivity index (χ2n) is 5.61. The number of fused-ring (bicyclic) bond motifs is 1. The minimum absolute atomic E-state index is 0.122. The summed E-state index contributed by atoms with van der Waals surface area (Å²) in [4.78, 5) is 14.7. The predicted octanol–water partition coefficient (Wildman–Crippen LogP) is 1.51. The number of nitrogens with one attached hydrogen (secondary N) is 1. The zero-order chi connectivity index (χ0) is 13.9. The van der Waals surface area contributed by atoms with Crippen LogP contribution < -0.4 is 5.32 Å². The Morgan fingerprint density at radius 1 is 1.40 bits per heavy atom. The Morgan fingerprint density at radius 3 is 3.10 bits per heavy atom. The topological polar surface area (TPSA) is 41.6 Å². The highest BCUT2D eigenvalue weighted by Crippen LogP contribution is 2.29. The van der Waals surface area contributed by atoms with Crippen molar-refractivity contribution in [2.24, 2.45) is 0 Å². The number of carbonyl (C=O) groups is 1. The number of amides is 1. The Morgan fingerprint density at radius 2 is 2.25 bits per heavy atom. The fraction of sp³-hybridized carbons (Fsp3) is 0.562. The van der Waals surface area contributed by atoms with Crippen molar-refractivity contribution in [3.63, 3.8) is 0 Å². The number of hydrogen-bond donors (Lipinski definition) is 1. The summed E-state index contributed by atoms with van der Waals surface area (Å²) in [7, 11) is 1.96. The van der Waals surface area contributed by atoms with Gasteiger partial charge in [0.15, 0.2) is 6.10 Å². The van der Waals surface area contributed by atoms with Gasteiger partial charge in [0, 0.05) is 19.1 Å². The molecule has 0 unspecified atom stereocenters. The van der Waals surface area contributed by atoms with E-state index in [4.69, 9.17) is 4.74 Å². The van der Waals surface area contributed by atoms with E-state index in [1.807, 2.05) is 30.1 Å². The highest BCUT2D eigenvalue weighted by atomic mass is 16.5. The standard InChI is InChI=1S/C16H22N2O2/c1-17-13-6-4-9-18(11-13)16(19)15-14-7-3-2-5-12(14)8-10-20-15/h2-3,5,7,13,15,17H,4,6,8-11H2,1H3/t13-,15-/m0/s1. The van der Waals surface area contributed by atoms with Gasteiger partial charge in [0.2, 0.25) is 0 Å². The Kier molecular flexibility index (Phi) is 4.03. The molecular formula is C16H22N2O2. The van der Waals surface area contributed by atoms with Crippen molar-refractivity contribution >= 4 is 5.91 Å². The highest BCUT2D eigenvalue weighted by Gasteiger charge is 2.32.